The van der Waals surface area contributed by atoms with Gasteiger partial charge in [0.05, 0.1) is 11.5 Å². The third-order valence-corrected chi connectivity index (χ3v) is 3.79. The van der Waals surface area contributed by atoms with Crippen molar-refractivity contribution < 1.29 is 9.72 Å². The number of nitro benzene ring substituents is 1. The van der Waals surface area contributed by atoms with E-state index in [0.29, 0.717) is 12.1 Å². The number of hydrogen-bond donors (Lipinski definition) is 2. The van der Waals surface area contributed by atoms with Gasteiger partial charge in [-0.15, -0.1) is 11.3 Å². The largest absolute Gasteiger partial charge is 0.334 e. The van der Waals surface area contributed by atoms with Crippen molar-refractivity contribution in [3.05, 3.63) is 61.8 Å². The molecule has 0 saturated heterocycles. The fourth-order valence-corrected chi connectivity index (χ4v) is 2.60. The molecule has 0 spiro atoms. The van der Waals surface area contributed by atoms with Crippen molar-refractivity contribution in [2.75, 3.05) is 0 Å². The third kappa shape index (κ3) is 4.57. The maximum atomic E-state index is 11.7. The monoisotopic (exact) mass is 305 g/mol. The first-order valence-corrected chi connectivity index (χ1v) is 7.16. The summed E-state index contributed by atoms with van der Waals surface area (Å²) in [6.07, 6.45) is 0. The summed E-state index contributed by atoms with van der Waals surface area (Å²) in [4.78, 5) is 24.1. The Morgan fingerprint density at radius 3 is 2.67 bits per heavy atom. The van der Waals surface area contributed by atoms with Gasteiger partial charge in [-0.3, -0.25) is 10.1 Å². The average molecular weight is 305 g/mol. The number of thiophene rings is 1. The number of nitrogens with zero attached hydrogens (tertiary/aromatic N) is 1. The van der Waals surface area contributed by atoms with Crippen LogP contribution in [0.1, 0.15) is 15.3 Å². The molecule has 0 bridgehead atoms. The van der Waals surface area contributed by atoms with Crippen LogP contribution in [0.2, 0.25) is 0 Å². The Morgan fingerprint density at radius 1 is 1.24 bits per heavy atom. The predicted molar refractivity (Wildman–Crippen MR) is 81.2 cm³/mol. The minimum atomic E-state index is -0.456. The van der Waals surface area contributed by atoms with E-state index in [9.17, 15) is 14.9 Å². The Morgan fingerprint density at radius 2 is 2.00 bits per heavy atom. The fourth-order valence-electron chi connectivity index (χ4n) is 1.77. The second-order valence-corrected chi connectivity index (χ2v) is 5.85. The summed E-state index contributed by atoms with van der Waals surface area (Å²) in [6.45, 7) is 2.73. The highest BCUT2D eigenvalue weighted by molar-refractivity contribution is 7.11. The molecule has 21 heavy (non-hydrogen) atoms. The summed E-state index contributed by atoms with van der Waals surface area (Å²) in [6, 6.07) is 9.87. The zero-order chi connectivity index (χ0) is 15.2. The summed E-state index contributed by atoms with van der Waals surface area (Å²) in [7, 11) is 0. The number of aryl methyl sites for hydroxylation is 1. The van der Waals surface area contributed by atoms with Crippen LogP contribution in [0, 0.1) is 17.0 Å². The van der Waals surface area contributed by atoms with Crippen molar-refractivity contribution in [1.29, 1.82) is 0 Å². The van der Waals surface area contributed by atoms with Crippen LogP contribution in [0.5, 0.6) is 0 Å². The maximum Gasteiger partial charge on any atom is 0.315 e. The molecule has 0 aliphatic heterocycles. The third-order valence-electron chi connectivity index (χ3n) is 2.79. The Bertz CT molecular complexity index is 654. The molecule has 0 unspecified atom stereocenters. The normalized spacial score (nSPS) is 10.1. The number of nitro groups is 1. The Kier molecular flexibility index (Phi) is 4.89. The number of carbonyl (C=O) groups is 1. The zero-order valence-electron chi connectivity index (χ0n) is 11.5. The molecule has 6 nitrogen and oxygen atoms in total. The molecule has 2 aromatic rings. The van der Waals surface area contributed by atoms with E-state index in [0.717, 1.165) is 4.88 Å². The van der Waals surface area contributed by atoms with Crippen LogP contribution in [-0.2, 0) is 13.1 Å². The maximum absolute atomic E-state index is 11.7. The lowest BCUT2D eigenvalue weighted by molar-refractivity contribution is -0.384. The van der Waals surface area contributed by atoms with E-state index in [-0.39, 0.29) is 18.3 Å². The van der Waals surface area contributed by atoms with Gasteiger partial charge in [0.25, 0.3) is 5.69 Å². The quantitative estimate of drug-likeness (QED) is 0.658. The van der Waals surface area contributed by atoms with Crippen LogP contribution in [0.3, 0.4) is 0 Å². The topological polar surface area (TPSA) is 84.3 Å². The summed E-state index contributed by atoms with van der Waals surface area (Å²) >= 11 is 1.63. The predicted octanol–water partition coefficient (Wildman–Crippen LogP) is 2.96. The molecule has 0 atom stereocenters. The van der Waals surface area contributed by atoms with Crippen molar-refractivity contribution in [3.8, 4) is 0 Å². The summed E-state index contributed by atoms with van der Waals surface area (Å²) in [5, 5.41) is 16.1. The fraction of sp³-hybridized carbons (Fsp3) is 0.214. The van der Waals surface area contributed by atoms with E-state index in [1.807, 2.05) is 19.1 Å². The van der Waals surface area contributed by atoms with Gasteiger partial charge >= 0.3 is 6.03 Å². The van der Waals surface area contributed by atoms with Crippen LogP contribution in [0.25, 0.3) is 0 Å². The van der Waals surface area contributed by atoms with Crippen molar-refractivity contribution >= 4 is 23.1 Å². The van der Waals surface area contributed by atoms with E-state index < -0.39 is 4.92 Å². The van der Waals surface area contributed by atoms with Gasteiger partial charge in [-0.25, -0.2) is 4.79 Å². The molecule has 7 heteroatoms. The van der Waals surface area contributed by atoms with Gasteiger partial charge in [0, 0.05) is 28.4 Å². The number of hydrogen-bond acceptors (Lipinski definition) is 4. The Labute approximate surface area is 126 Å². The van der Waals surface area contributed by atoms with Crippen molar-refractivity contribution in [3.63, 3.8) is 0 Å². The first-order chi connectivity index (χ1) is 10.0. The smallest absolute Gasteiger partial charge is 0.315 e. The average Bonchev–Trinajstić information content (AvgIpc) is 2.89. The van der Waals surface area contributed by atoms with Crippen LogP contribution >= 0.6 is 11.3 Å². The van der Waals surface area contributed by atoms with Gasteiger partial charge in [0.2, 0.25) is 0 Å². The van der Waals surface area contributed by atoms with Crippen molar-refractivity contribution in [2.24, 2.45) is 0 Å². The second-order valence-electron chi connectivity index (χ2n) is 4.48. The minimum Gasteiger partial charge on any atom is -0.334 e. The molecular weight excluding hydrogens is 290 g/mol. The number of urea groups is 1. The summed E-state index contributed by atoms with van der Waals surface area (Å²) in [5.41, 5.74) is 0.704. The van der Waals surface area contributed by atoms with E-state index >= 15 is 0 Å². The molecule has 2 amide bonds. The lowest BCUT2D eigenvalue weighted by Gasteiger charge is -2.06. The molecule has 1 aromatic heterocycles. The van der Waals surface area contributed by atoms with Gasteiger partial charge in [-0.05, 0) is 24.6 Å². The van der Waals surface area contributed by atoms with Gasteiger partial charge in [-0.2, -0.15) is 0 Å². The minimum absolute atomic E-state index is 0.0174. The van der Waals surface area contributed by atoms with Gasteiger partial charge < -0.3 is 10.6 Å². The lowest BCUT2D eigenvalue weighted by Crippen LogP contribution is -2.34. The van der Waals surface area contributed by atoms with E-state index in [1.165, 1.54) is 17.0 Å². The van der Waals surface area contributed by atoms with E-state index in [1.54, 1.807) is 23.5 Å². The number of benzene rings is 1. The number of non-ortho nitro benzene ring substituents is 1. The molecule has 0 aliphatic rings. The van der Waals surface area contributed by atoms with Crippen LogP contribution in [-0.4, -0.2) is 11.0 Å². The molecule has 2 rings (SSSR count). The van der Waals surface area contributed by atoms with Gasteiger partial charge in [0.15, 0.2) is 0 Å². The molecule has 0 aliphatic carbocycles. The SMILES string of the molecule is Cc1ccc(CNC(=O)NCc2cccc([N+](=O)[O-])c2)s1. The molecule has 0 fully saturated rings. The van der Waals surface area contributed by atoms with Crippen LogP contribution in [0.15, 0.2) is 36.4 Å². The van der Waals surface area contributed by atoms with Crippen LogP contribution in [0.4, 0.5) is 10.5 Å². The number of carbonyl (C=O) groups excluding carboxylic acids is 1. The molecule has 1 heterocycles. The number of nitrogens with one attached hydrogen (secondary N) is 2. The summed E-state index contributed by atoms with van der Waals surface area (Å²) < 4.78 is 0. The molecule has 110 valence electrons. The molecule has 2 N–H and O–H groups in total. The van der Waals surface area contributed by atoms with Crippen molar-refractivity contribution in [1.82, 2.24) is 10.6 Å². The second kappa shape index (κ2) is 6.85. The van der Waals surface area contributed by atoms with E-state index in [4.69, 9.17) is 0 Å². The Balaban J connectivity index is 1.81. The first-order valence-electron chi connectivity index (χ1n) is 6.35. The van der Waals surface area contributed by atoms with Gasteiger partial charge in [-0.1, -0.05) is 12.1 Å². The molecular formula is C14H15N3O3S. The number of rotatable bonds is 5. The highest BCUT2D eigenvalue weighted by Gasteiger charge is 2.07. The highest BCUT2D eigenvalue weighted by atomic mass is 32.1. The standard InChI is InChI=1S/C14H15N3O3S/c1-10-5-6-13(21-10)9-16-14(18)15-8-11-3-2-4-12(7-11)17(19)20/h2-7H,8-9H2,1H3,(H2,15,16,18). The van der Waals surface area contributed by atoms with E-state index in [2.05, 4.69) is 10.6 Å². The van der Waals surface area contributed by atoms with Gasteiger partial charge in [0.1, 0.15) is 0 Å². The number of amides is 2. The van der Waals surface area contributed by atoms with Crippen molar-refractivity contribution in [2.45, 2.75) is 20.0 Å². The Hall–Kier alpha value is -2.41. The molecule has 0 saturated carbocycles. The first kappa shape index (κ1) is 15.0. The summed E-state index contributed by atoms with van der Waals surface area (Å²) in [5.74, 6) is 0. The molecule has 1 aromatic carbocycles. The van der Waals surface area contributed by atoms with Crippen LogP contribution < -0.4 is 10.6 Å². The lowest BCUT2D eigenvalue weighted by atomic mass is 10.2. The highest BCUT2D eigenvalue weighted by Crippen LogP contribution is 2.14. The molecule has 0 radical (unpaired) electrons. The zero-order valence-corrected chi connectivity index (χ0v) is 12.3.